The van der Waals surface area contributed by atoms with Crippen LogP contribution in [0.3, 0.4) is 0 Å². The number of hydrogen-bond acceptors (Lipinski definition) is 4. The number of aromatic nitrogens is 4. The topological polar surface area (TPSA) is 70.5 Å². The molecule has 0 saturated carbocycles. The summed E-state index contributed by atoms with van der Waals surface area (Å²) in [5, 5.41) is 2.52. The van der Waals surface area contributed by atoms with Crippen molar-refractivity contribution in [2.24, 2.45) is 0 Å². The van der Waals surface area contributed by atoms with Crippen LogP contribution in [0.1, 0.15) is 0 Å². The van der Waals surface area contributed by atoms with E-state index in [0.717, 1.165) is 0 Å². The molecule has 0 aliphatic carbocycles. The fraction of sp³-hybridized carbons (Fsp3) is 0. The molecule has 0 aliphatic heterocycles. The third-order valence-corrected chi connectivity index (χ3v) is 1.34. The Morgan fingerprint density at radius 1 is 1.45 bits per heavy atom. The summed E-state index contributed by atoms with van der Waals surface area (Å²) < 4.78 is 4.71. The predicted molar refractivity (Wildman–Crippen MR) is 39.3 cm³/mol. The first kappa shape index (κ1) is 6.29. The van der Waals surface area contributed by atoms with E-state index in [1.165, 1.54) is 0 Å². The Morgan fingerprint density at radius 3 is 2.91 bits per heavy atom. The van der Waals surface area contributed by atoms with Gasteiger partial charge in [-0.15, -0.1) is 0 Å². The molecule has 0 saturated heterocycles. The molecule has 2 aromatic heterocycles. The molecule has 0 spiro atoms. The van der Waals surface area contributed by atoms with Crippen LogP contribution < -0.4 is 0 Å². The summed E-state index contributed by atoms with van der Waals surface area (Å²) >= 11 is 4.66. The Hall–Kier alpha value is -1.43. The zero-order chi connectivity index (χ0) is 7.68. The largest absolute Gasteiger partial charge is 0.348 e. The van der Waals surface area contributed by atoms with Crippen molar-refractivity contribution in [3.05, 3.63) is 17.2 Å². The van der Waals surface area contributed by atoms with Crippen LogP contribution in [-0.4, -0.2) is 20.1 Å². The van der Waals surface area contributed by atoms with Crippen LogP contribution in [0.4, 0.5) is 0 Å². The molecule has 0 radical (unpaired) electrons. The van der Waals surface area contributed by atoms with Gasteiger partial charge >= 0.3 is 4.84 Å². The minimum atomic E-state index is 0.177. The van der Waals surface area contributed by atoms with Gasteiger partial charge in [-0.2, -0.15) is 10.1 Å². The van der Waals surface area contributed by atoms with Gasteiger partial charge in [0.05, 0.1) is 0 Å². The normalized spacial score (nSPS) is 10.2. The molecule has 5 nitrogen and oxygen atoms in total. The van der Waals surface area contributed by atoms with Gasteiger partial charge in [0.1, 0.15) is 0 Å². The molecule has 0 aromatic carbocycles. The van der Waals surface area contributed by atoms with E-state index in [2.05, 4.69) is 32.3 Å². The molecule has 2 heterocycles. The van der Waals surface area contributed by atoms with E-state index >= 15 is 0 Å². The highest BCUT2D eigenvalue weighted by molar-refractivity contribution is 7.71. The van der Waals surface area contributed by atoms with Gasteiger partial charge < -0.3 is 9.51 Å². The van der Waals surface area contributed by atoms with Crippen molar-refractivity contribution >= 4 is 12.2 Å². The maximum absolute atomic E-state index is 4.71. The number of aromatic amines is 2. The maximum atomic E-state index is 4.71. The van der Waals surface area contributed by atoms with Crippen molar-refractivity contribution in [2.45, 2.75) is 0 Å². The Balaban J connectivity index is 2.53. The highest BCUT2D eigenvalue weighted by Crippen LogP contribution is 2.06. The summed E-state index contributed by atoms with van der Waals surface area (Å²) in [5.74, 6) is 1.13. The van der Waals surface area contributed by atoms with E-state index in [1.807, 2.05) is 0 Å². The lowest BCUT2D eigenvalue weighted by Gasteiger charge is -1.82. The fourth-order valence-electron chi connectivity index (χ4n) is 0.725. The zero-order valence-corrected chi connectivity index (χ0v) is 6.18. The quantitative estimate of drug-likeness (QED) is 0.626. The smallest absolute Gasteiger partial charge is 0.314 e. The Morgan fingerprint density at radius 2 is 2.36 bits per heavy atom. The number of hydrogen-bond donors (Lipinski definition) is 2. The lowest BCUT2D eigenvalue weighted by molar-refractivity contribution is 0.406. The van der Waals surface area contributed by atoms with Crippen LogP contribution in [0.25, 0.3) is 11.6 Å². The summed E-state index contributed by atoms with van der Waals surface area (Å²) in [6.45, 7) is 0. The molecule has 0 atom stereocenters. The molecule has 2 rings (SSSR count). The predicted octanol–water partition coefficient (Wildman–Crippen LogP) is 1.12. The highest BCUT2D eigenvalue weighted by atomic mass is 32.1. The number of nitrogens with one attached hydrogen (secondary N) is 2. The van der Waals surface area contributed by atoms with Crippen molar-refractivity contribution in [3.8, 4) is 11.6 Å². The zero-order valence-electron chi connectivity index (χ0n) is 5.37. The van der Waals surface area contributed by atoms with Crippen LogP contribution in [0.2, 0.25) is 0 Å². The second-order valence-corrected chi connectivity index (χ2v) is 2.22. The number of imidazole rings is 1. The lowest BCUT2D eigenvalue weighted by Crippen LogP contribution is -1.81. The number of rotatable bonds is 1. The van der Waals surface area contributed by atoms with Crippen LogP contribution >= 0.6 is 12.2 Å². The van der Waals surface area contributed by atoms with Crippen LogP contribution in [0, 0.1) is 4.84 Å². The molecule has 2 aromatic rings. The van der Waals surface area contributed by atoms with Gasteiger partial charge in [0.2, 0.25) is 5.82 Å². The molecule has 0 aliphatic rings. The summed E-state index contributed by atoms with van der Waals surface area (Å²) in [6, 6.07) is 0. The Labute approximate surface area is 66.5 Å². The van der Waals surface area contributed by atoms with Crippen molar-refractivity contribution in [2.75, 3.05) is 0 Å². The average Bonchev–Trinajstić information content (AvgIpc) is 2.55. The Kier molecular flexibility index (Phi) is 1.32. The molecule has 11 heavy (non-hydrogen) atoms. The van der Waals surface area contributed by atoms with Crippen molar-refractivity contribution in [1.82, 2.24) is 20.1 Å². The minimum Gasteiger partial charge on any atom is -0.348 e. The molecule has 0 amide bonds. The van der Waals surface area contributed by atoms with Crippen LogP contribution in [0.5, 0.6) is 0 Å². The first-order chi connectivity index (χ1) is 5.36. The number of H-pyrrole nitrogens is 2. The van der Waals surface area contributed by atoms with Gasteiger partial charge in [0.25, 0.3) is 0 Å². The molecule has 2 N–H and O–H groups in total. The SMILES string of the molecule is S=c1nc(-c2ncc[nH]2)[nH]o1. The minimum absolute atomic E-state index is 0.177. The second-order valence-electron chi connectivity index (χ2n) is 1.87. The van der Waals surface area contributed by atoms with E-state index in [4.69, 9.17) is 4.52 Å². The third-order valence-electron chi connectivity index (χ3n) is 1.16. The van der Waals surface area contributed by atoms with Crippen LogP contribution in [0.15, 0.2) is 16.9 Å². The first-order valence-electron chi connectivity index (χ1n) is 2.91. The molecular weight excluding hydrogens is 164 g/mol. The van der Waals surface area contributed by atoms with Crippen LogP contribution in [-0.2, 0) is 0 Å². The molecule has 0 fully saturated rings. The van der Waals surface area contributed by atoms with Gasteiger partial charge in [-0.05, 0) is 12.2 Å². The summed E-state index contributed by atoms with van der Waals surface area (Å²) in [5.41, 5.74) is 0. The standard InChI is InChI=1S/C5H4N4OS/c11-5-8-4(9-10-5)3-6-1-2-7-3/h1-2H,(H,6,7)(H,8,9,11). The summed E-state index contributed by atoms with van der Waals surface area (Å²) in [7, 11) is 0. The average molecular weight is 168 g/mol. The fourth-order valence-corrected chi connectivity index (χ4v) is 0.858. The van der Waals surface area contributed by atoms with Crippen molar-refractivity contribution in [3.63, 3.8) is 0 Å². The Bertz CT molecular complexity index is 387. The van der Waals surface area contributed by atoms with Gasteiger partial charge in [-0.3, -0.25) is 0 Å². The third kappa shape index (κ3) is 1.07. The van der Waals surface area contributed by atoms with Crippen molar-refractivity contribution in [1.29, 1.82) is 0 Å². The van der Waals surface area contributed by atoms with E-state index in [9.17, 15) is 0 Å². The van der Waals surface area contributed by atoms with Gasteiger partial charge in [-0.25, -0.2) is 4.98 Å². The lowest BCUT2D eigenvalue weighted by atomic mass is 10.6. The van der Waals surface area contributed by atoms with Gasteiger partial charge in [0, 0.05) is 12.4 Å². The van der Waals surface area contributed by atoms with E-state index in [-0.39, 0.29) is 4.84 Å². The van der Waals surface area contributed by atoms with E-state index in [1.54, 1.807) is 12.4 Å². The highest BCUT2D eigenvalue weighted by Gasteiger charge is 2.02. The molecular formula is C5H4N4OS. The van der Waals surface area contributed by atoms with Crippen molar-refractivity contribution < 1.29 is 4.52 Å². The van der Waals surface area contributed by atoms with Gasteiger partial charge in [-0.1, -0.05) is 0 Å². The molecule has 0 bridgehead atoms. The summed E-state index contributed by atoms with van der Waals surface area (Å²) in [4.78, 5) is 10.8. The second kappa shape index (κ2) is 2.31. The first-order valence-corrected chi connectivity index (χ1v) is 3.32. The molecule has 0 unspecified atom stereocenters. The molecule has 6 heteroatoms. The van der Waals surface area contributed by atoms with E-state index < -0.39 is 0 Å². The molecule has 56 valence electrons. The van der Waals surface area contributed by atoms with Gasteiger partial charge in [0.15, 0.2) is 5.82 Å². The number of nitrogens with zero attached hydrogens (tertiary/aromatic N) is 2. The maximum Gasteiger partial charge on any atom is 0.314 e. The summed E-state index contributed by atoms with van der Waals surface area (Å²) in [6.07, 6.45) is 3.32. The monoisotopic (exact) mass is 168 g/mol. The van der Waals surface area contributed by atoms with E-state index in [0.29, 0.717) is 11.6 Å².